The molecule has 0 radical (unpaired) electrons. The summed E-state index contributed by atoms with van der Waals surface area (Å²) in [5.74, 6) is 0.871. The van der Waals surface area contributed by atoms with Gasteiger partial charge in [-0.15, -0.1) is 0 Å². The Balaban J connectivity index is 1.46. The van der Waals surface area contributed by atoms with E-state index in [0.717, 1.165) is 63.6 Å². The van der Waals surface area contributed by atoms with Crippen LogP contribution in [0.2, 0.25) is 0 Å². The predicted octanol–water partition coefficient (Wildman–Crippen LogP) is 5.21. The van der Waals surface area contributed by atoms with Crippen LogP contribution in [-0.4, -0.2) is 50.5 Å². The molecule has 1 aromatic rings. The molecule has 0 spiro atoms. The molecule has 3 atom stereocenters. The van der Waals surface area contributed by atoms with Crippen LogP contribution in [0.15, 0.2) is 24.3 Å². The van der Waals surface area contributed by atoms with Crippen LogP contribution in [0.3, 0.4) is 0 Å². The van der Waals surface area contributed by atoms with Crippen molar-refractivity contribution in [1.29, 1.82) is 0 Å². The van der Waals surface area contributed by atoms with Gasteiger partial charge in [-0.3, -0.25) is 4.79 Å². The summed E-state index contributed by atoms with van der Waals surface area (Å²) in [5, 5.41) is -0.247. The van der Waals surface area contributed by atoms with Gasteiger partial charge in [0.15, 0.2) is 9.84 Å². The van der Waals surface area contributed by atoms with Gasteiger partial charge in [0.2, 0.25) is 0 Å². The molecule has 0 N–H and O–H groups in total. The number of carbonyl (C=O) groups is 1. The molecule has 5 nitrogen and oxygen atoms in total. The first-order valence-electron chi connectivity index (χ1n) is 12.9. The van der Waals surface area contributed by atoms with E-state index in [-0.39, 0.29) is 29.3 Å². The van der Waals surface area contributed by atoms with Crippen LogP contribution in [0.25, 0.3) is 0 Å². The van der Waals surface area contributed by atoms with Gasteiger partial charge in [0.1, 0.15) is 5.78 Å². The Morgan fingerprint density at radius 1 is 1.06 bits per heavy atom. The second-order valence-electron chi connectivity index (χ2n) is 10.5. The molecule has 1 aromatic carbocycles. The molecule has 1 saturated carbocycles. The number of morpholine rings is 1. The molecule has 1 unspecified atom stereocenters. The number of benzene rings is 1. The average molecular weight is 478 g/mol. The number of hydrogen-bond acceptors (Lipinski definition) is 5. The molecule has 2 aliphatic rings. The number of nitrogens with zero attached hydrogens (tertiary/aromatic N) is 1. The second-order valence-corrected chi connectivity index (χ2v) is 12.9. The first-order chi connectivity index (χ1) is 15.7. The predicted molar refractivity (Wildman–Crippen MR) is 136 cm³/mol. The molecule has 6 heteroatoms. The van der Waals surface area contributed by atoms with Crippen molar-refractivity contribution in [2.24, 2.45) is 11.8 Å². The van der Waals surface area contributed by atoms with E-state index in [2.05, 4.69) is 49.9 Å². The minimum Gasteiger partial charge on any atom is -0.372 e. The van der Waals surface area contributed by atoms with Gasteiger partial charge in [0.05, 0.1) is 23.2 Å². The summed E-state index contributed by atoms with van der Waals surface area (Å²) in [6.07, 6.45) is 7.01. The van der Waals surface area contributed by atoms with E-state index < -0.39 is 9.84 Å². The van der Waals surface area contributed by atoms with Gasteiger partial charge >= 0.3 is 0 Å². The van der Waals surface area contributed by atoms with Crippen LogP contribution in [-0.2, 0) is 25.8 Å². The fourth-order valence-electron chi connectivity index (χ4n) is 5.37. The minimum absolute atomic E-state index is 0.0714. The zero-order valence-electron chi connectivity index (χ0n) is 21.0. The van der Waals surface area contributed by atoms with Gasteiger partial charge in [0.25, 0.3) is 0 Å². The normalized spacial score (nSPS) is 27.3. The van der Waals surface area contributed by atoms with Crippen LogP contribution < -0.4 is 4.90 Å². The Hall–Kier alpha value is -1.40. The lowest BCUT2D eigenvalue weighted by atomic mass is 9.79. The Morgan fingerprint density at radius 2 is 1.67 bits per heavy atom. The summed E-state index contributed by atoms with van der Waals surface area (Å²) >= 11 is 0. The second kappa shape index (κ2) is 11.8. The third-order valence-corrected chi connectivity index (χ3v) is 9.84. The molecule has 1 aliphatic carbocycles. The highest BCUT2D eigenvalue weighted by molar-refractivity contribution is 7.92. The Morgan fingerprint density at radius 3 is 2.24 bits per heavy atom. The van der Waals surface area contributed by atoms with Gasteiger partial charge in [-0.05, 0) is 76.5 Å². The number of rotatable bonds is 10. The number of sulfone groups is 1. The maximum Gasteiger partial charge on any atom is 0.153 e. The quantitative estimate of drug-likeness (QED) is 0.463. The minimum atomic E-state index is -3.04. The van der Waals surface area contributed by atoms with Crippen molar-refractivity contribution in [3.63, 3.8) is 0 Å². The van der Waals surface area contributed by atoms with Crippen molar-refractivity contribution < 1.29 is 17.9 Å². The average Bonchev–Trinajstić information content (AvgIpc) is 2.77. The summed E-state index contributed by atoms with van der Waals surface area (Å²) in [6, 6.07) is 8.39. The van der Waals surface area contributed by atoms with E-state index >= 15 is 0 Å². The lowest BCUT2D eigenvalue weighted by Crippen LogP contribution is -2.45. The maximum atomic E-state index is 12.9. The summed E-state index contributed by atoms with van der Waals surface area (Å²) in [5.41, 5.74) is 2.25. The Bertz CT molecular complexity index is 849. The van der Waals surface area contributed by atoms with E-state index in [4.69, 9.17) is 4.74 Å². The Kier molecular flexibility index (Phi) is 9.40. The fourth-order valence-corrected chi connectivity index (χ4v) is 7.22. The number of hydrogen-bond donors (Lipinski definition) is 0. The zero-order valence-corrected chi connectivity index (χ0v) is 21.8. The molecule has 2 fully saturated rings. The van der Waals surface area contributed by atoms with E-state index in [1.165, 1.54) is 5.69 Å². The van der Waals surface area contributed by atoms with Gasteiger partial charge in [-0.1, -0.05) is 31.9 Å². The number of unbranched alkanes of at least 4 members (excludes halogenated alkanes) is 1. The molecule has 0 aromatic heterocycles. The van der Waals surface area contributed by atoms with Gasteiger partial charge in [0, 0.05) is 31.1 Å². The summed E-state index contributed by atoms with van der Waals surface area (Å²) in [4.78, 5) is 15.3. The Labute approximate surface area is 201 Å². The van der Waals surface area contributed by atoms with Crippen LogP contribution in [0, 0.1) is 11.8 Å². The van der Waals surface area contributed by atoms with Crippen LogP contribution in [0.5, 0.6) is 0 Å². The first-order valence-corrected chi connectivity index (χ1v) is 14.6. The highest BCUT2D eigenvalue weighted by Crippen LogP contribution is 2.32. The summed E-state index contributed by atoms with van der Waals surface area (Å²) in [6.45, 7) is 9.93. The van der Waals surface area contributed by atoms with E-state index in [1.54, 1.807) is 0 Å². The van der Waals surface area contributed by atoms with Gasteiger partial charge in [-0.25, -0.2) is 8.42 Å². The first kappa shape index (κ1) is 26.2. The number of ether oxygens (including phenoxy) is 1. The molecule has 1 saturated heterocycles. The van der Waals surface area contributed by atoms with Crippen LogP contribution >= 0.6 is 0 Å². The topological polar surface area (TPSA) is 63.7 Å². The molecule has 0 amide bonds. The number of anilines is 1. The molecule has 1 heterocycles. The lowest BCUT2D eigenvalue weighted by Gasteiger charge is -2.36. The van der Waals surface area contributed by atoms with Crippen molar-refractivity contribution in [2.75, 3.05) is 23.7 Å². The number of Topliss-reactive ketones (excluding diaryl/α,β-unsaturated/α-hetero) is 1. The van der Waals surface area contributed by atoms with Gasteiger partial charge < -0.3 is 9.64 Å². The monoisotopic (exact) mass is 477 g/mol. The highest BCUT2D eigenvalue weighted by atomic mass is 32.2. The molecule has 3 rings (SSSR count). The van der Waals surface area contributed by atoms with Crippen molar-refractivity contribution >= 4 is 21.3 Å². The number of carbonyl (C=O) groups excluding carboxylic acids is 1. The van der Waals surface area contributed by atoms with E-state index in [0.29, 0.717) is 18.0 Å². The maximum absolute atomic E-state index is 12.9. The van der Waals surface area contributed by atoms with Crippen molar-refractivity contribution in [2.45, 2.75) is 96.5 Å². The number of ketones is 1. The smallest absolute Gasteiger partial charge is 0.153 e. The summed E-state index contributed by atoms with van der Waals surface area (Å²) < 4.78 is 31.1. The SMILES string of the molecule is CCCCC(C)S(=O)(=O)CC1CCC(C(=O)Cc2ccc(N3C[C@@H](C)O[C@@H](C)C3)cc2)CC1. The van der Waals surface area contributed by atoms with E-state index in [1.807, 2.05) is 6.92 Å². The highest BCUT2D eigenvalue weighted by Gasteiger charge is 2.31. The third kappa shape index (κ3) is 7.54. The zero-order chi connectivity index (χ0) is 24.0. The molecule has 33 heavy (non-hydrogen) atoms. The van der Waals surface area contributed by atoms with Crippen molar-refractivity contribution in [3.05, 3.63) is 29.8 Å². The molecule has 0 bridgehead atoms. The van der Waals surface area contributed by atoms with E-state index in [9.17, 15) is 13.2 Å². The standard InChI is InChI=1S/C27H43NO4S/c1-5-6-7-22(4)33(30,31)19-24-8-12-25(13-9-24)27(29)16-23-10-14-26(15-11-23)28-17-20(2)32-21(3)18-28/h10-11,14-15,20-22,24-25H,5-9,12-13,16-19H2,1-4H3/t20-,21+,22?,24?,25?. The van der Waals surface area contributed by atoms with Gasteiger partial charge in [-0.2, -0.15) is 0 Å². The van der Waals surface area contributed by atoms with Crippen LogP contribution in [0.1, 0.15) is 78.2 Å². The van der Waals surface area contributed by atoms with Crippen molar-refractivity contribution in [3.8, 4) is 0 Å². The molecular weight excluding hydrogens is 434 g/mol. The fraction of sp³-hybridized carbons (Fsp3) is 0.741. The molecular formula is C27H43NO4S. The van der Waals surface area contributed by atoms with Crippen molar-refractivity contribution in [1.82, 2.24) is 0 Å². The summed E-state index contributed by atoms with van der Waals surface area (Å²) in [7, 11) is -3.04. The molecule has 186 valence electrons. The molecule has 1 aliphatic heterocycles. The van der Waals surface area contributed by atoms with Crippen LogP contribution in [0.4, 0.5) is 5.69 Å². The lowest BCUT2D eigenvalue weighted by molar-refractivity contribution is -0.123. The third-order valence-electron chi connectivity index (χ3n) is 7.45. The largest absolute Gasteiger partial charge is 0.372 e.